The number of phenols is 1. The smallest absolute Gasteiger partial charge is 0.303 e. The van der Waals surface area contributed by atoms with Gasteiger partial charge < -0.3 is 14.6 Å². The second kappa shape index (κ2) is 8.74. The van der Waals surface area contributed by atoms with Crippen molar-refractivity contribution in [3.05, 3.63) is 46.2 Å². The molecule has 2 aromatic carbocycles. The van der Waals surface area contributed by atoms with Gasteiger partial charge in [0.25, 0.3) is 0 Å². The van der Waals surface area contributed by atoms with E-state index in [9.17, 15) is 14.3 Å². The molecule has 2 aromatic rings. The van der Waals surface area contributed by atoms with Gasteiger partial charge in [-0.2, -0.15) is 0 Å². The van der Waals surface area contributed by atoms with E-state index in [4.69, 9.17) is 32.7 Å². The van der Waals surface area contributed by atoms with Gasteiger partial charge in [0.1, 0.15) is 18.5 Å². The van der Waals surface area contributed by atoms with Crippen LogP contribution in [0.2, 0.25) is 10.0 Å². The molecule has 0 aliphatic carbocycles. The van der Waals surface area contributed by atoms with Crippen molar-refractivity contribution in [3.63, 3.8) is 0 Å². The number of alkyl halides is 1. The lowest BCUT2D eigenvalue weighted by Gasteiger charge is -2.17. The number of ether oxygens (including phenoxy) is 2. The fraction of sp³-hybridized carbons (Fsp3) is 0.235. The van der Waals surface area contributed by atoms with Crippen LogP contribution >= 0.6 is 39.1 Å². The molecule has 134 valence electrons. The first-order valence-electron chi connectivity index (χ1n) is 7.16. The topological polar surface area (TPSA) is 55.8 Å². The summed E-state index contributed by atoms with van der Waals surface area (Å²) in [6.45, 7) is 1.20. The van der Waals surface area contributed by atoms with E-state index in [1.165, 1.54) is 6.92 Å². The van der Waals surface area contributed by atoms with Gasteiger partial charge in [-0.1, -0.05) is 45.2 Å². The van der Waals surface area contributed by atoms with Crippen LogP contribution < -0.4 is 4.74 Å². The highest BCUT2D eigenvalue weighted by Gasteiger charge is 2.19. The van der Waals surface area contributed by atoms with E-state index >= 15 is 0 Å². The molecule has 0 saturated heterocycles. The Bertz CT molecular complexity index is 765. The van der Waals surface area contributed by atoms with E-state index in [1.54, 1.807) is 18.2 Å². The first kappa shape index (κ1) is 19.8. The first-order valence-corrected chi connectivity index (χ1v) is 9.04. The minimum atomic E-state index is -0.637. The van der Waals surface area contributed by atoms with Crippen molar-refractivity contribution in [1.82, 2.24) is 0 Å². The van der Waals surface area contributed by atoms with E-state index in [0.717, 1.165) is 12.1 Å². The molecule has 0 unspecified atom stereocenters. The van der Waals surface area contributed by atoms with E-state index in [0.29, 0.717) is 10.9 Å². The molecule has 0 bridgehead atoms. The number of hydrogen-bond donors (Lipinski definition) is 1. The van der Waals surface area contributed by atoms with Crippen LogP contribution in [0.1, 0.15) is 6.92 Å². The number of benzene rings is 2. The van der Waals surface area contributed by atoms with Gasteiger partial charge in [-0.05, 0) is 18.2 Å². The lowest BCUT2D eigenvalue weighted by Crippen LogP contribution is -2.25. The SMILES string of the molecule is CC(=O)O[C@@H](CBr)COc1cc(F)cc(-c2c(Cl)cccc2Cl)c1O. The molecule has 0 saturated carbocycles. The van der Waals surface area contributed by atoms with Gasteiger partial charge in [0.15, 0.2) is 11.5 Å². The molecule has 1 N–H and O–H groups in total. The van der Waals surface area contributed by atoms with E-state index in [-0.39, 0.29) is 33.7 Å². The van der Waals surface area contributed by atoms with Crippen LogP contribution in [0.4, 0.5) is 4.39 Å². The van der Waals surface area contributed by atoms with Crippen LogP contribution in [-0.2, 0) is 9.53 Å². The second-order valence-electron chi connectivity index (χ2n) is 5.09. The summed E-state index contributed by atoms with van der Waals surface area (Å²) in [5.41, 5.74) is 0.401. The molecule has 0 radical (unpaired) electrons. The van der Waals surface area contributed by atoms with Crippen LogP contribution in [0.3, 0.4) is 0 Å². The standard InChI is InChI=1S/C17H14BrCl2FO4/c1-9(22)25-11(7-18)8-24-15-6-10(21)5-12(17(15)23)16-13(19)3-2-4-14(16)20/h2-6,11,23H,7-8H2,1H3/t11-/m0/s1. The average Bonchev–Trinajstić information content (AvgIpc) is 2.54. The van der Waals surface area contributed by atoms with Crippen molar-refractivity contribution in [3.8, 4) is 22.6 Å². The summed E-state index contributed by atoms with van der Waals surface area (Å²) in [5.74, 6) is -1.53. The third-order valence-electron chi connectivity index (χ3n) is 3.20. The largest absolute Gasteiger partial charge is 0.504 e. The lowest BCUT2D eigenvalue weighted by atomic mass is 10.0. The Morgan fingerprint density at radius 1 is 1.32 bits per heavy atom. The second-order valence-corrected chi connectivity index (χ2v) is 6.56. The highest BCUT2D eigenvalue weighted by Crippen LogP contribution is 2.43. The number of rotatable bonds is 6. The van der Waals surface area contributed by atoms with Crippen LogP contribution in [0.25, 0.3) is 11.1 Å². The van der Waals surface area contributed by atoms with E-state index < -0.39 is 17.9 Å². The molecular formula is C17H14BrCl2FO4. The number of esters is 1. The minimum absolute atomic E-state index is 0.0719. The fourth-order valence-corrected chi connectivity index (χ4v) is 3.08. The van der Waals surface area contributed by atoms with Gasteiger partial charge in [0.05, 0.1) is 10.0 Å². The van der Waals surface area contributed by atoms with Crippen LogP contribution in [0.15, 0.2) is 30.3 Å². The Kier molecular flexibility index (Phi) is 6.93. The van der Waals surface area contributed by atoms with Gasteiger partial charge in [-0.15, -0.1) is 0 Å². The Hall–Kier alpha value is -1.50. The predicted molar refractivity (Wildman–Crippen MR) is 98.4 cm³/mol. The van der Waals surface area contributed by atoms with Crippen molar-refractivity contribution in [2.24, 2.45) is 0 Å². The maximum atomic E-state index is 14.0. The molecule has 0 fully saturated rings. The number of halogens is 4. The number of hydrogen-bond acceptors (Lipinski definition) is 4. The van der Waals surface area contributed by atoms with Gasteiger partial charge in [0, 0.05) is 29.4 Å². The summed E-state index contributed by atoms with van der Waals surface area (Å²) in [6, 6.07) is 6.94. The van der Waals surface area contributed by atoms with E-state index in [2.05, 4.69) is 15.9 Å². The Balaban J connectivity index is 2.36. The van der Waals surface area contributed by atoms with Gasteiger partial charge in [-0.3, -0.25) is 4.79 Å². The lowest BCUT2D eigenvalue weighted by molar-refractivity contribution is -0.146. The molecule has 0 aromatic heterocycles. The molecule has 8 heteroatoms. The first-order chi connectivity index (χ1) is 11.8. The van der Waals surface area contributed by atoms with Crippen molar-refractivity contribution in [2.75, 3.05) is 11.9 Å². The van der Waals surface area contributed by atoms with Crippen LogP contribution in [-0.4, -0.2) is 29.1 Å². The summed E-state index contributed by atoms with van der Waals surface area (Å²) < 4.78 is 24.4. The molecule has 0 aliphatic heterocycles. The summed E-state index contributed by atoms with van der Waals surface area (Å²) in [7, 11) is 0. The molecule has 25 heavy (non-hydrogen) atoms. The van der Waals surface area contributed by atoms with Crippen molar-refractivity contribution in [2.45, 2.75) is 13.0 Å². The zero-order valence-electron chi connectivity index (χ0n) is 13.1. The van der Waals surface area contributed by atoms with Gasteiger partial charge in [-0.25, -0.2) is 4.39 Å². The molecular weight excluding hydrogens is 438 g/mol. The fourth-order valence-electron chi connectivity index (χ4n) is 2.16. The summed E-state index contributed by atoms with van der Waals surface area (Å²) in [6.07, 6.45) is -0.590. The zero-order valence-corrected chi connectivity index (χ0v) is 16.2. The van der Waals surface area contributed by atoms with Gasteiger partial charge >= 0.3 is 5.97 Å². The minimum Gasteiger partial charge on any atom is -0.504 e. The Morgan fingerprint density at radius 2 is 1.96 bits per heavy atom. The summed E-state index contributed by atoms with van der Waals surface area (Å²) in [5, 5.41) is 11.3. The van der Waals surface area contributed by atoms with Crippen molar-refractivity contribution >= 4 is 45.1 Å². The maximum Gasteiger partial charge on any atom is 0.303 e. The van der Waals surface area contributed by atoms with Gasteiger partial charge in [0.2, 0.25) is 0 Å². The summed E-state index contributed by atoms with van der Waals surface area (Å²) in [4.78, 5) is 11.0. The van der Waals surface area contributed by atoms with Crippen molar-refractivity contribution < 1.29 is 23.8 Å². The number of aromatic hydroxyl groups is 1. The third kappa shape index (κ3) is 5.00. The number of carbonyl (C=O) groups is 1. The average molecular weight is 452 g/mol. The van der Waals surface area contributed by atoms with Crippen LogP contribution in [0.5, 0.6) is 11.5 Å². The molecule has 0 aliphatic rings. The molecule has 0 spiro atoms. The molecule has 2 rings (SSSR count). The zero-order chi connectivity index (χ0) is 18.6. The number of phenolic OH excluding ortho intramolecular Hbond substituents is 1. The number of carbonyl (C=O) groups excluding carboxylic acids is 1. The van der Waals surface area contributed by atoms with Crippen molar-refractivity contribution in [1.29, 1.82) is 0 Å². The summed E-state index contributed by atoms with van der Waals surface area (Å²) >= 11 is 15.4. The quantitative estimate of drug-likeness (QED) is 0.483. The highest BCUT2D eigenvalue weighted by molar-refractivity contribution is 9.09. The molecule has 1 atom stereocenters. The molecule has 0 amide bonds. The Morgan fingerprint density at radius 3 is 2.52 bits per heavy atom. The normalized spacial score (nSPS) is 11.9. The predicted octanol–water partition coefficient (Wildman–Crippen LogP) is 5.21. The monoisotopic (exact) mass is 450 g/mol. The Labute approximate surface area is 162 Å². The molecule has 0 heterocycles. The highest BCUT2D eigenvalue weighted by atomic mass is 79.9. The third-order valence-corrected chi connectivity index (χ3v) is 4.55. The molecule has 4 nitrogen and oxygen atoms in total. The van der Waals surface area contributed by atoms with E-state index in [1.807, 2.05) is 0 Å². The maximum absolute atomic E-state index is 14.0. The van der Waals surface area contributed by atoms with Crippen LogP contribution in [0, 0.1) is 5.82 Å².